The van der Waals surface area contributed by atoms with Gasteiger partial charge in [0.25, 0.3) is 0 Å². The van der Waals surface area contributed by atoms with Crippen molar-refractivity contribution in [2.45, 2.75) is 25.2 Å². The van der Waals surface area contributed by atoms with Crippen molar-refractivity contribution in [2.24, 2.45) is 0 Å². The highest BCUT2D eigenvalue weighted by Crippen LogP contribution is 2.41. The molecule has 2 atom stereocenters. The number of esters is 1. The molecule has 1 unspecified atom stereocenters. The quantitative estimate of drug-likeness (QED) is 0.782. The molecule has 0 radical (unpaired) electrons. The number of rotatable bonds is 2. The van der Waals surface area contributed by atoms with Crippen molar-refractivity contribution >= 4 is 5.97 Å². The summed E-state index contributed by atoms with van der Waals surface area (Å²) in [6.07, 6.45) is 0.525. The third kappa shape index (κ3) is 1.74. The van der Waals surface area contributed by atoms with Gasteiger partial charge in [-0.1, -0.05) is 54.6 Å². The molecule has 3 nitrogen and oxygen atoms in total. The van der Waals surface area contributed by atoms with Crippen LogP contribution in [0.5, 0.6) is 0 Å². The van der Waals surface area contributed by atoms with Gasteiger partial charge in [0.1, 0.15) is 6.04 Å². The van der Waals surface area contributed by atoms with Crippen molar-refractivity contribution in [2.75, 3.05) is 0 Å². The average molecular weight is 265 g/mol. The van der Waals surface area contributed by atoms with Gasteiger partial charge in [-0.2, -0.15) is 0 Å². The highest BCUT2D eigenvalue weighted by Gasteiger charge is 2.46. The number of benzene rings is 2. The van der Waals surface area contributed by atoms with Crippen LogP contribution in [-0.4, -0.2) is 16.9 Å². The second kappa shape index (κ2) is 4.46. The Hall–Kier alpha value is -2.13. The highest BCUT2D eigenvalue weighted by molar-refractivity contribution is 5.79. The Kier molecular flexibility index (Phi) is 2.60. The SMILES string of the molecule is O=C1OC2c3ccccc3CN2[C@H]1Cc1ccccc1. The summed E-state index contributed by atoms with van der Waals surface area (Å²) < 4.78 is 5.58. The molecular weight excluding hydrogens is 250 g/mol. The number of fused-ring (bicyclic) bond motifs is 3. The van der Waals surface area contributed by atoms with Crippen molar-refractivity contribution < 1.29 is 9.53 Å². The van der Waals surface area contributed by atoms with E-state index in [4.69, 9.17) is 4.74 Å². The summed E-state index contributed by atoms with van der Waals surface area (Å²) in [7, 11) is 0. The molecule has 0 aromatic heterocycles. The zero-order chi connectivity index (χ0) is 13.5. The lowest BCUT2D eigenvalue weighted by Crippen LogP contribution is -2.32. The fourth-order valence-electron chi connectivity index (χ4n) is 3.14. The maximum absolute atomic E-state index is 12.1. The first-order valence-electron chi connectivity index (χ1n) is 6.91. The Labute approximate surface area is 117 Å². The highest BCUT2D eigenvalue weighted by atomic mass is 16.6. The summed E-state index contributed by atoms with van der Waals surface area (Å²) in [6.45, 7) is 0.796. The summed E-state index contributed by atoms with van der Waals surface area (Å²) in [5, 5.41) is 0. The minimum absolute atomic E-state index is 0.103. The second-order valence-electron chi connectivity index (χ2n) is 5.37. The zero-order valence-corrected chi connectivity index (χ0v) is 11.0. The molecule has 0 aliphatic carbocycles. The maximum atomic E-state index is 12.1. The van der Waals surface area contributed by atoms with Crippen LogP contribution < -0.4 is 0 Å². The fourth-order valence-corrected chi connectivity index (χ4v) is 3.14. The minimum atomic E-state index is -0.188. The van der Waals surface area contributed by atoms with Gasteiger partial charge in [0.15, 0.2) is 6.23 Å². The van der Waals surface area contributed by atoms with Gasteiger partial charge in [-0.3, -0.25) is 4.79 Å². The van der Waals surface area contributed by atoms with E-state index in [0.29, 0.717) is 6.42 Å². The molecule has 100 valence electrons. The molecule has 0 N–H and O–H groups in total. The summed E-state index contributed by atoms with van der Waals surface area (Å²) in [5.74, 6) is -0.103. The molecule has 2 aromatic rings. The number of hydrogen-bond donors (Lipinski definition) is 0. The predicted molar refractivity (Wildman–Crippen MR) is 74.8 cm³/mol. The summed E-state index contributed by atoms with van der Waals surface area (Å²) >= 11 is 0. The molecule has 2 aliphatic rings. The fraction of sp³-hybridized carbons (Fsp3) is 0.235. The minimum Gasteiger partial charge on any atom is -0.441 e. The predicted octanol–water partition coefficient (Wildman–Crippen LogP) is 2.67. The van der Waals surface area contributed by atoms with E-state index in [0.717, 1.165) is 12.1 Å². The Morgan fingerprint density at radius 1 is 1.05 bits per heavy atom. The van der Waals surface area contributed by atoms with Crippen LogP contribution in [0.15, 0.2) is 54.6 Å². The van der Waals surface area contributed by atoms with Crippen molar-refractivity contribution in [1.82, 2.24) is 4.90 Å². The van der Waals surface area contributed by atoms with Crippen LogP contribution >= 0.6 is 0 Å². The third-order valence-corrected chi connectivity index (χ3v) is 4.15. The van der Waals surface area contributed by atoms with Gasteiger partial charge in [-0.25, -0.2) is 4.90 Å². The van der Waals surface area contributed by atoms with Crippen LogP contribution in [0.25, 0.3) is 0 Å². The molecule has 3 heteroatoms. The summed E-state index contributed by atoms with van der Waals surface area (Å²) in [4.78, 5) is 14.3. The van der Waals surface area contributed by atoms with E-state index in [1.807, 2.05) is 30.3 Å². The lowest BCUT2D eigenvalue weighted by atomic mass is 10.1. The number of nitrogens with zero attached hydrogens (tertiary/aromatic N) is 1. The number of carbonyl (C=O) groups excluding carboxylic acids is 1. The Bertz CT molecular complexity index is 653. The molecule has 0 spiro atoms. The second-order valence-corrected chi connectivity index (χ2v) is 5.37. The van der Waals surface area contributed by atoms with Gasteiger partial charge in [0.2, 0.25) is 0 Å². The molecule has 1 saturated heterocycles. The number of hydrogen-bond acceptors (Lipinski definition) is 3. The normalized spacial score (nSPS) is 24.3. The molecular formula is C17H15NO2. The van der Waals surface area contributed by atoms with E-state index in [-0.39, 0.29) is 18.2 Å². The van der Waals surface area contributed by atoms with Crippen molar-refractivity contribution in [1.29, 1.82) is 0 Å². The van der Waals surface area contributed by atoms with Crippen LogP contribution in [-0.2, 0) is 22.5 Å². The zero-order valence-electron chi connectivity index (χ0n) is 11.0. The first-order valence-corrected chi connectivity index (χ1v) is 6.91. The molecule has 2 aliphatic heterocycles. The monoisotopic (exact) mass is 265 g/mol. The molecule has 2 aromatic carbocycles. The molecule has 0 bridgehead atoms. The van der Waals surface area contributed by atoms with Gasteiger partial charge in [-0.05, 0) is 17.5 Å². The van der Waals surface area contributed by atoms with E-state index in [1.165, 1.54) is 11.1 Å². The lowest BCUT2D eigenvalue weighted by molar-refractivity contribution is -0.142. The largest absolute Gasteiger partial charge is 0.441 e. The molecule has 20 heavy (non-hydrogen) atoms. The van der Waals surface area contributed by atoms with Gasteiger partial charge in [0, 0.05) is 12.1 Å². The van der Waals surface area contributed by atoms with Crippen LogP contribution in [0.1, 0.15) is 22.9 Å². The standard InChI is InChI=1S/C17H15NO2/c19-17-15(10-12-6-2-1-3-7-12)18-11-13-8-4-5-9-14(13)16(18)20-17/h1-9,15-16H,10-11H2/t15-,16?/m0/s1. The van der Waals surface area contributed by atoms with E-state index in [2.05, 4.69) is 29.2 Å². The van der Waals surface area contributed by atoms with Crippen LogP contribution in [0, 0.1) is 0 Å². The Balaban J connectivity index is 1.63. The van der Waals surface area contributed by atoms with Gasteiger partial charge in [-0.15, -0.1) is 0 Å². The molecule has 1 fully saturated rings. The van der Waals surface area contributed by atoms with Gasteiger partial charge < -0.3 is 4.74 Å². The van der Waals surface area contributed by atoms with Crippen LogP contribution in [0.3, 0.4) is 0 Å². The van der Waals surface area contributed by atoms with E-state index in [9.17, 15) is 4.79 Å². The van der Waals surface area contributed by atoms with Crippen molar-refractivity contribution in [3.8, 4) is 0 Å². The lowest BCUT2D eigenvalue weighted by Gasteiger charge is -2.18. The first-order chi connectivity index (χ1) is 9.83. The van der Waals surface area contributed by atoms with E-state index in [1.54, 1.807) is 0 Å². The van der Waals surface area contributed by atoms with Gasteiger partial charge in [0.05, 0.1) is 0 Å². The van der Waals surface area contributed by atoms with Crippen LogP contribution in [0.4, 0.5) is 0 Å². The molecule has 4 rings (SSSR count). The topological polar surface area (TPSA) is 29.5 Å². The van der Waals surface area contributed by atoms with Crippen molar-refractivity contribution in [3.05, 3.63) is 71.3 Å². The van der Waals surface area contributed by atoms with Crippen molar-refractivity contribution in [3.63, 3.8) is 0 Å². The number of carbonyl (C=O) groups is 1. The molecule has 0 saturated carbocycles. The van der Waals surface area contributed by atoms with E-state index >= 15 is 0 Å². The Morgan fingerprint density at radius 2 is 1.80 bits per heavy atom. The third-order valence-electron chi connectivity index (χ3n) is 4.15. The van der Waals surface area contributed by atoms with Crippen LogP contribution in [0.2, 0.25) is 0 Å². The summed E-state index contributed by atoms with van der Waals surface area (Å²) in [6, 6.07) is 18.2. The maximum Gasteiger partial charge on any atom is 0.325 e. The molecule has 2 heterocycles. The van der Waals surface area contributed by atoms with E-state index < -0.39 is 0 Å². The Morgan fingerprint density at radius 3 is 2.65 bits per heavy atom. The number of ether oxygens (including phenoxy) is 1. The molecule has 0 amide bonds. The van der Waals surface area contributed by atoms with Gasteiger partial charge >= 0.3 is 5.97 Å². The summed E-state index contributed by atoms with van der Waals surface area (Å²) in [5.41, 5.74) is 3.57. The first kappa shape index (κ1) is 11.7. The smallest absolute Gasteiger partial charge is 0.325 e. The average Bonchev–Trinajstić information content (AvgIpc) is 2.98.